The summed E-state index contributed by atoms with van der Waals surface area (Å²) in [5, 5.41) is 92.3. The van der Waals surface area contributed by atoms with Gasteiger partial charge in [-0.25, -0.2) is 0 Å². The average Bonchev–Trinajstić information content (AvgIpc) is 3.29. The van der Waals surface area contributed by atoms with Crippen LogP contribution in [-0.2, 0) is 44.3 Å². The minimum Gasteiger partial charge on any atom is -0.507 e. The van der Waals surface area contributed by atoms with Crippen molar-refractivity contribution in [3.8, 4) is 17.2 Å². The van der Waals surface area contributed by atoms with E-state index < -0.39 is 138 Å². The van der Waals surface area contributed by atoms with Gasteiger partial charge in [-0.1, -0.05) is 19.1 Å². The van der Waals surface area contributed by atoms with Gasteiger partial charge in [0.2, 0.25) is 5.78 Å². The first-order chi connectivity index (χ1) is 32.2. The summed E-state index contributed by atoms with van der Waals surface area (Å²) in [5.74, 6) is -3.55. The van der Waals surface area contributed by atoms with E-state index in [-0.39, 0.29) is 66.6 Å². The molecule has 4 aliphatic heterocycles. The molecule has 2 aliphatic carbocycles. The van der Waals surface area contributed by atoms with E-state index in [1.165, 1.54) is 37.2 Å². The van der Waals surface area contributed by atoms with Crippen LogP contribution < -0.4 is 0 Å². The molecule has 6 aliphatic rings. The van der Waals surface area contributed by atoms with E-state index in [0.717, 1.165) is 0 Å². The summed E-state index contributed by atoms with van der Waals surface area (Å²) < 4.78 is 51.1. The Labute approximate surface area is 395 Å². The summed E-state index contributed by atoms with van der Waals surface area (Å²) in [5.41, 5.74) is -5.56. The highest BCUT2D eigenvalue weighted by Crippen LogP contribution is 2.56. The average molecular weight is 961 g/mol. The first-order valence-corrected chi connectivity index (χ1v) is 23.7. The molecule has 20 heteroatoms. The molecule has 4 saturated heterocycles. The second kappa shape index (κ2) is 19.6. The number of rotatable bonds is 12. The Kier molecular flexibility index (Phi) is 14.7. The molecule has 0 bridgehead atoms. The summed E-state index contributed by atoms with van der Waals surface area (Å²) in [7, 11) is 6.62. The Balaban J connectivity index is 1.14. The van der Waals surface area contributed by atoms with Gasteiger partial charge in [-0.2, -0.15) is 0 Å². The first-order valence-electron chi connectivity index (χ1n) is 23.7. The number of aliphatic hydroxyl groups is 5. The van der Waals surface area contributed by atoms with Crippen molar-refractivity contribution in [3.63, 3.8) is 0 Å². The maximum atomic E-state index is 14.3. The van der Waals surface area contributed by atoms with Crippen molar-refractivity contribution in [1.82, 2.24) is 9.80 Å². The van der Waals surface area contributed by atoms with Crippen molar-refractivity contribution in [2.75, 3.05) is 34.8 Å². The third-order valence-corrected chi connectivity index (χ3v) is 15.1. The largest absolute Gasteiger partial charge is 0.507 e. The summed E-state index contributed by atoms with van der Waals surface area (Å²) in [6, 6.07) is 3.54. The number of hydrogen-bond donors (Lipinski definition) is 8. The fourth-order valence-corrected chi connectivity index (χ4v) is 11.0. The molecule has 0 saturated carbocycles. The van der Waals surface area contributed by atoms with Crippen LogP contribution in [0, 0.1) is 0 Å². The predicted octanol–water partition coefficient (Wildman–Crippen LogP) is 1.68. The number of benzene rings is 2. The Bertz CT molecular complexity index is 2190. The van der Waals surface area contributed by atoms with Crippen molar-refractivity contribution < 1.29 is 88.3 Å². The highest BCUT2D eigenvalue weighted by atomic mass is 16.8. The van der Waals surface area contributed by atoms with Crippen LogP contribution >= 0.6 is 0 Å². The quantitative estimate of drug-likeness (QED) is 0.0947. The Morgan fingerprint density at radius 2 is 1.44 bits per heavy atom. The number of carbonyl (C=O) groups is 2. The molecule has 0 unspecified atom stereocenters. The summed E-state index contributed by atoms with van der Waals surface area (Å²) >= 11 is 0. The lowest BCUT2D eigenvalue weighted by atomic mass is 9.71. The van der Waals surface area contributed by atoms with E-state index in [2.05, 4.69) is 0 Å². The van der Waals surface area contributed by atoms with Gasteiger partial charge < -0.3 is 83.6 Å². The van der Waals surface area contributed by atoms with Crippen LogP contribution in [0.15, 0.2) is 18.2 Å². The van der Waals surface area contributed by atoms with Gasteiger partial charge in [0.15, 0.2) is 36.7 Å². The van der Waals surface area contributed by atoms with Crippen LogP contribution in [0.1, 0.15) is 122 Å². The second-order valence-electron chi connectivity index (χ2n) is 19.6. The molecule has 17 atom stereocenters. The zero-order valence-corrected chi connectivity index (χ0v) is 39.8. The van der Waals surface area contributed by atoms with Gasteiger partial charge in [-0.05, 0) is 87.1 Å². The van der Waals surface area contributed by atoms with Crippen molar-refractivity contribution in [2.45, 2.75) is 183 Å². The zero-order chi connectivity index (χ0) is 49.3. The van der Waals surface area contributed by atoms with Crippen molar-refractivity contribution in [2.24, 2.45) is 0 Å². The minimum absolute atomic E-state index is 0.0274. The molecule has 2 aromatic carbocycles. The van der Waals surface area contributed by atoms with Crippen molar-refractivity contribution in [1.29, 1.82) is 0 Å². The van der Waals surface area contributed by atoms with Crippen LogP contribution in [0.5, 0.6) is 17.2 Å². The van der Waals surface area contributed by atoms with Crippen LogP contribution in [0.3, 0.4) is 0 Å². The van der Waals surface area contributed by atoms with E-state index in [1.807, 2.05) is 19.0 Å². The molecule has 0 amide bonds. The molecular weight excluding hydrogens is 893 g/mol. The number of carbonyl (C=O) groups excluding carboxylic acids is 2. The van der Waals surface area contributed by atoms with Crippen molar-refractivity contribution in [3.05, 3.63) is 51.6 Å². The molecule has 8 N–H and O–H groups in total. The zero-order valence-electron chi connectivity index (χ0n) is 39.8. The van der Waals surface area contributed by atoms with Crippen LogP contribution in [0.4, 0.5) is 0 Å². The number of hydrogen-bond acceptors (Lipinski definition) is 20. The molecule has 20 nitrogen and oxygen atoms in total. The van der Waals surface area contributed by atoms with Gasteiger partial charge in [0.1, 0.15) is 47.3 Å². The first kappa shape index (κ1) is 51.0. The van der Waals surface area contributed by atoms with E-state index in [1.54, 1.807) is 27.7 Å². The highest BCUT2D eigenvalue weighted by Gasteiger charge is 2.61. The van der Waals surface area contributed by atoms with Gasteiger partial charge in [-0.15, -0.1) is 0 Å². The lowest BCUT2D eigenvalue weighted by Crippen LogP contribution is -2.74. The molecule has 0 aromatic heterocycles. The number of phenolic OH excluding ortho intramolecular Hbond substituents is 3. The summed E-state index contributed by atoms with van der Waals surface area (Å²) in [4.78, 5) is 31.5. The number of ketones is 2. The number of likely N-dealkylation sites (N-methyl/N-ethyl adjacent to an activating group) is 2. The molecule has 4 fully saturated rings. The van der Waals surface area contributed by atoms with Gasteiger partial charge in [0, 0.05) is 42.0 Å². The maximum absolute atomic E-state index is 14.3. The normalized spacial score (nSPS) is 39.7. The number of ether oxygens (including phenoxy) is 8. The van der Waals surface area contributed by atoms with E-state index in [0.29, 0.717) is 19.3 Å². The molecule has 68 heavy (non-hydrogen) atoms. The second-order valence-corrected chi connectivity index (χ2v) is 19.6. The predicted molar refractivity (Wildman–Crippen MR) is 237 cm³/mol. The maximum Gasteiger partial charge on any atom is 0.202 e. The molecule has 0 spiro atoms. The molecule has 0 radical (unpaired) electrons. The van der Waals surface area contributed by atoms with Crippen LogP contribution in [-0.4, -0.2) is 194 Å². The van der Waals surface area contributed by atoms with Crippen molar-refractivity contribution >= 4 is 11.6 Å². The lowest BCUT2D eigenvalue weighted by molar-refractivity contribution is -0.402. The number of aromatic hydroxyl groups is 3. The fourth-order valence-electron chi connectivity index (χ4n) is 11.0. The van der Waals surface area contributed by atoms with Gasteiger partial charge in [-0.3, -0.25) is 14.5 Å². The molecule has 378 valence electrons. The molecule has 4 heterocycles. The monoisotopic (exact) mass is 960 g/mol. The van der Waals surface area contributed by atoms with Crippen LogP contribution in [0.25, 0.3) is 0 Å². The highest BCUT2D eigenvalue weighted by molar-refractivity contribution is 6.31. The van der Waals surface area contributed by atoms with Gasteiger partial charge >= 0.3 is 0 Å². The van der Waals surface area contributed by atoms with Gasteiger partial charge in [0.25, 0.3) is 0 Å². The molecule has 2 aromatic rings. The number of phenols is 3. The summed E-state index contributed by atoms with van der Waals surface area (Å²) in [6.45, 7) is 6.34. The number of nitrogens with zero attached hydrogens (tertiary/aromatic N) is 2. The number of aliphatic hydroxyl groups excluding tert-OH is 4. The Morgan fingerprint density at radius 3 is 2.09 bits per heavy atom. The SMILES string of the molecule is CC[C@@]1(O[C@H]2C[C@H](N(C)C)[C@H](O)[C@H](C)O2)CCc2c(O)c3c(c(O)c2[C@H]1O[C@@H]1O[C@@H](CO)[C@@H](O[C@H]2CC[C@H](O[C@H]4CC[C@H](O)[C@H](C)O4)[C@H](C)O2)[C@](O)(N(C)C)[C@H]1O)C(=O)c1cccc(O)c1C3=O. The van der Waals surface area contributed by atoms with Gasteiger partial charge in [0.05, 0.1) is 59.9 Å². The van der Waals surface area contributed by atoms with E-state index in [9.17, 15) is 50.4 Å². The third kappa shape index (κ3) is 8.76. The summed E-state index contributed by atoms with van der Waals surface area (Å²) in [6.07, 6.45) is -12.0. The molecular formula is C48H68N2O18. The third-order valence-electron chi connectivity index (χ3n) is 15.1. The standard InChI is InChI=1S/C48H68N2O18/c1-9-47(68-33-19-26(49(5)6)38(54)23(4)63-33)18-17-25-35(42(58)37-36(40(25)56)41(57)34-24(39(37)55)11-10-12-28(34)53)45(47)67-46-43(59)48(60,50(7)8)44(30(20-51)65-46)66-32-16-14-29(22(3)62-32)64-31-15-13-27(52)21(2)61-31/h10-12,21-23,26-27,29-33,38,43-46,51-54,56,58-60H,9,13-20H2,1-8H3/t21-,22-,23-,26-,27-,29-,30-,31-,32-,33-,38+,43-,44+,45+,46-,47+,48-/m0/s1. The topological polar surface area (TPSA) is 276 Å². The Morgan fingerprint density at radius 1 is 0.779 bits per heavy atom. The lowest BCUT2D eigenvalue weighted by Gasteiger charge is -2.55. The minimum atomic E-state index is -2.36. The fraction of sp³-hybridized carbons (Fsp3) is 0.708. The number of fused-ring (bicyclic) bond motifs is 3. The Hall–Kier alpha value is -3.42. The smallest absolute Gasteiger partial charge is 0.202 e. The molecule has 8 rings (SSSR count). The van der Waals surface area contributed by atoms with Crippen LogP contribution in [0.2, 0.25) is 0 Å². The van der Waals surface area contributed by atoms with E-state index >= 15 is 0 Å². The van der Waals surface area contributed by atoms with E-state index in [4.69, 9.17) is 37.9 Å².